The van der Waals surface area contributed by atoms with Crippen LogP contribution in [-0.2, 0) is 6.54 Å². The van der Waals surface area contributed by atoms with Gasteiger partial charge in [0.25, 0.3) is 11.5 Å². The minimum Gasteiger partial charge on any atom is -0.387 e. The van der Waals surface area contributed by atoms with Crippen LogP contribution in [0.4, 0.5) is 0 Å². The third kappa shape index (κ3) is 4.52. The molecule has 0 spiro atoms. The molecule has 0 bridgehead atoms. The topological polar surface area (TPSA) is 84.2 Å². The maximum absolute atomic E-state index is 12.2. The summed E-state index contributed by atoms with van der Waals surface area (Å²) in [6.07, 6.45) is 0.970. The molecule has 6 nitrogen and oxygen atoms in total. The molecule has 1 aromatic carbocycles. The Kier molecular flexibility index (Phi) is 6.26. The lowest BCUT2D eigenvalue weighted by atomic mass is 10.0. The van der Waals surface area contributed by atoms with Gasteiger partial charge in [-0.25, -0.2) is 4.68 Å². The number of hydrogen-bond acceptors (Lipinski definition) is 4. The zero-order valence-corrected chi connectivity index (χ0v) is 14.0. The average Bonchev–Trinajstić information content (AvgIpc) is 2.59. The van der Waals surface area contributed by atoms with Crippen LogP contribution in [0.5, 0.6) is 0 Å². The van der Waals surface area contributed by atoms with Crippen LogP contribution in [0.15, 0.2) is 41.2 Å². The summed E-state index contributed by atoms with van der Waals surface area (Å²) in [6.45, 7) is 4.50. The van der Waals surface area contributed by atoms with Crippen LogP contribution in [-0.4, -0.2) is 27.3 Å². The fourth-order valence-corrected chi connectivity index (χ4v) is 2.39. The van der Waals surface area contributed by atoms with Crippen molar-refractivity contribution in [1.82, 2.24) is 15.1 Å². The highest BCUT2D eigenvalue weighted by atomic mass is 16.3. The molecule has 2 rings (SSSR count). The van der Waals surface area contributed by atoms with Crippen molar-refractivity contribution in [2.24, 2.45) is 0 Å². The molecule has 1 amide bonds. The fraction of sp³-hybridized carbons (Fsp3) is 0.389. The van der Waals surface area contributed by atoms with Crippen LogP contribution in [0, 0.1) is 6.92 Å². The number of aliphatic hydroxyl groups excluding tert-OH is 1. The number of benzene rings is 1. The number of nitrogens with one attached hydrogen (secondary N) is 1. The number of hydrogen-bond donors (Lipinski definition) is 2. The Morgan fingerprint density at radius 2 is 2.04 bits per heavy atom. The molecule has 0 aliphatic heterocycles. The molecule has 2 aromatic rings. The van der Waals surface area contributed by atoms with Gasteiger partial charge in [0.2, 0.25) is 0 Å². The van der Waals surface area contributed by atoms with Crippen molar-refractivity contribution >= 4 is 5.91 Å². The molecule has 0 aliphatic rings. The second-order valence-corrected chi connectivity index (χ2v) is 5.72. The van der Waals surface area contributed by atoms with Gasteiger partial charge < -0.3 is 10.4 Å². The van der Waals surface area contributed by atoms with Crippen LogP contribution in [0.25, 0.3) is 0 Å². The summed E-state index contributed by atoms with van der Waals surface area (Å²) in [5.74, 6) is -0.409. The monoisotopic (exact) mass is 329 g/mol. The first-order valence-corrected chi connectivity index (χ1v) is 8.13. The van der Waals surface area contributed by atoms with Gasteiger partial charge in [-0.1, -0.05) is 37.6 Å². The van der Waals surface area contributed by atoms with E-state index in [0.717, 1.165) is 24.0 Å². The van der Waals surface area contributed by atoms with Crippen LogP contribution in [0.1, 0.15) is 47.5 Å². The summed E-state index contributed by atoms with van der Waals surface area (Å²) in [6, 6.07) is 10.2. The van der Waals surface area contributed by atoms with E-state index in [1.54, 1.807) is 0 Å². The van der Waals surface area contributed by atoms with Gasteiger partial charge in [-0.15, -0.1) is 0 Å². The first kappa shape index (κ1) is 17.9. The minimum atomic E-state index is -0.791. The molecule has 1 heterocycles. The van der Waals surface area contributed by atoms with Gasteiger partial charge in [-0.3, -0.25) is 9.59 Å². The van der Waals surface area contributed by atoms with Gasteiger partial charge in [0.05, 0.1) is 6.10 Å². The molecular formula is C18H23N3O3. The molecular weight excluding hydrogens is 306 g/mol. The molecule has 1 aromatic heterocycles. The van der Waals surface area contributed by atoms with E-state index in [1.165, 1.54) is 16.8 Å². The van der Waals surface area contributed by atoms with Crippen molar-refractivity contribution in [2.45, 2.75) is 39.3 Å². The molecule has 1 unspecified atom stereocenters. The molecule has 128 valence electrons. The molecule has 6 heteroatoms. The SMILES string of the molecule is CCCCn1nc(C(=O)NCC(O)c2ccccc2C)ccc1=O. The standard InChI is InChI=1S/C18H23N3O3/c1-3-4-11-21-17(23)10-9-15(20-21)18(24)19-12-16(22)14-8-6-5-7-13(14)2/h5-10,16,22H,3-4,11-12H2,1-2H3,(H,19,24). The lowest BCUT2D eigenvalue weighted by Gasteiger charge is -2.14. The first-order chi connectivity index (χ1) is 11.5. The summed E-state index contributed by atoms with van der Waals surface area (Å²) in [7, 11) is 0. The Labute approximate surface area is 141 Å². The summed E-state index contributed by atoms with van der Waals surface area (Å²) < 4.78 is 1.30. The van der Waals surface area contributed by atoms with E-state index in [0.29, 0.717) is 6.54 Å². The summed E-state index contributed by atoms with van der Waals surface area (Å²) >= 11 is 0. The van der Waals surface area contributed by atoms with Crippen molar-refractivity contribution in [3.63, 3.8) is 0 Å². The smallest absolute Gasteiger partial charge is 0.271 e. The molecule has 0 saturated heterocycles. The second-order valence-electron chi connectivity index (χ2n) is 5.72. The van der Waals surface area contributed by atoms with Gasteiger partial charge in [0, 0.05) is 19.2 Å². The average molecular weight is 329 g/mol. The van der Waals surface area contributed by atoms with Crippen LogP contribution >= 0.6 is 0 Å². The van der Waals surface area contributed by atoms with Crippen molar-refractivity contribution in [3.05, 3.63) is 63.6 Å². The largest absolute Gasteiger partial charge is 0.387 e. The predicted octanol–water partition coefficient (Wildman–Crippen LogP) is 1.82. The van der Waals surface area contributed by atoms with Gasteiger partial charge in [-0.05, 0) is 30.5 Å². The Balaban J connectivity index is 2.02. The highest BCUT2D eigenvalue weighted by Gasteiger charge is 2.14. The second kappa shape index (κ2) is 8.40. The van der Waals surface area contributed by atoms with Crippen molar-refractivity contribution in [1.29, 1.82) is 0 Å². The number of carbonyl (C=O) groups is 1. The molecule has 2 N–H and O–H groups in total. The van der Waals surface area contributed by atoms with E-state index in [1.807, 2.05) is 38.1 Å². The first-order valence-electron chi connectivity index (χ1n) is 8.13. The van der Waals surface area contributed by atoms with Crippen molar-refractivity contribution in [3.8, 4) is 0 Å². The van der Waals surface area contributed by atoms with E-state index >= 15 is 0 Å². The third-order valence-corrected chi connectivity index (χ3v) is 3.83. The lowest BCUT2D eigenvalue weighted by Crippen LogP contribution is -2.32. The minimum absolute atomic E-state index is 0.0828. The zero-order chi connectivity index (χ0) is 17.5. The van der Waals surface area contributed by atoms with Crippen LogP contribution in [0.2, 0.25) is 0 Å². The van der Waals surface area contributed by atoms with Crippen LogP contribution < -0.4 is 10.9 Å². The van der Waals surface area contributed by atoms with Gasteiger partial charge in [0.15, 0.2) is 0 Å². The molecule has 0 radical (unpaired) electrons. The number of unbranched alkanes of at least 4 members (excludes halogenated alkanes) is 1. The number of aromatic nitrogens is 2. The van der Waals surface area contributed by atoms with Gasteiger partial charge in [0.1, 0.15) is 5.69 Å². The Morgan fingerprint density at radius 1 is 1.29 bits per heavy atom. The number of carbonyl (C=O) groups excluding carboxylic acids is 1. The van der Waals surface area contributed by atoms with Gasteiger partial charge in [-0.2, -0.15) is 5.10 Å². The Bertz CT molecular complexity index is 755. The third-order valence-electron chi connectivity index (χ3n) is 3.83. The fourth-order valence-electron chi connectivity index (χ4n) is 2.39. The summed E-state index contributed by atoms with van der Waals surface area (Å²) in [5, 5.41) is 17.0. The summed E-state index contributed by atoms with van der Waals surface area (Å²) in [4.78, 5) is 23.9. The molecule has 0 saturated carbocycles. The maximum atomic E-state index is 12.2. The molecule has 24 heavy (non-hydrogen) atoms. The van der Waals surface area contributed by atoms with E-state index in [-0.39, 0.29) is 17.8 Å². The highest BCUT2D eigenvalue weighted by molar-refractivity contribution is 5.92. The number of rotatable bonds is 7. The molecule has 0 aliphatic carbocycles. The Morgan fingerprint density at radius 3 is 2.75 bits per heavy atom. The number of aryl methyl sites for hydroxylation is 2. The quantitative estimate of drug-likeness (QED) is 0.811. The number of nitrogens with zero attached hydrogens (tertiary/aromatic N) is 2. The van der Waals surface area contributed by atoms with E-state index in [4.69, 9.17) is 0 Å². The van der Waals surface area contributed by atoms with E-state index in [2.05, 4.69) is 10.4 Å². The zero-order valence-electron chi connectivity index (χ0n) is 14.0. The highest BCUT2D eigenvalue weighted by Crippen LogP contribution is 2.16. The van der Waals surface area contributed by atoms with E-state index < -0.39 is 12.0 Å². The van der Waals surface area contributed by atoms with Crippen molar-refractivity contribution in [2.75, 3.05) is 6.54 Å². The molecule has 0 fully saturated rings. The predicted molar refractivity (Wildman–Crippen MR) is 91.9 cm³/mol. The number of amides is 1. The maximum Gasteiger partial charge on any atom is 0.271 e. The van der Waals surface area contributed by atoms with Gasteiger partial charge >= 0.3 is 0 Å². The van der Waals surface area contributed by atoms with Crippen LogP contribution in [0.3, 0.4) is 0 Å². The summed E-state index contributed by atoms with van der Waals surface area (Å²) in [5.41, 5.74) is 1.69. The van der Waals surface area contributed by atoms with Crippen molar-refractivity contribution < 1.29 is 9.90 Å². The Hall–Kier alpha value is -2.47. The lowest BCUT2D eigenvalue weighted by molar-refractivity contribution is 0.0908. The molecule has 1 atom stereocenters. The van der Waals surface area contributed by atoms with E-state index in [9.17, 15) is 14.7 Å². The number of aliphatic hydroxyl groups is 1. The normalized spacial score (nSPS) is 12.0.